The number of aliphatic imine (C=N–C) groups is 1. The van der Waals surface area contributed by atoms with E-state index in [1.54, 1.807) is 0 Å². The smallest absolute Gasteiger partial charge is 0.284 e. The Kier molecular flexibility index (Phi) is 3.20. The van der Waals surface area contributed by atoms with Gasteiger partial charge in [0.1, 0.15) is 23.0 Å². The first-order valence-corrected chi connectivity index (χ1v) is 4.21. The summed E-state index contributed by atoms with van der Waals surface area (Å²) < 4.78 is 13.5. The topological polar surface area (TPSA) is 80.0 Å². The Morgan fingerprint density at radius 1 is 1.62 bits per heavy atom. The lowest BCUT2D eigenvalue weighted by Gasteiger charge is -2.03. The van der Waals surface area contributed by atoms with Crippen LogP contribution in [0.1, 0.15) is 17.3 Å². The predicted octanol–water partition coefficient (Wildman–Crippen LogP) is 1.60. The highest BCUT2D eigenvalue weighted by Gasteiger charge is 2.19. The van der Waals surface area contributed by atoms with Crippen molar-refractivity contribution in [1.82, 2.24) is 0 Å². The average molecular weight is 221 g/mol. The number of rotatable bonds is 1. The molecule has 1 rings (SSSR count). The zero-order valence-electron chi connectivity index (χ0n) is 8.36. The molecule has 0 aliphatic rings. The predicted molar refractivity (Wildman–Crippen MR) is 56.0 cm³/mol. The van der Waals surface area contributed by atoms with Crippen LogP contribution < -0.4 is 5.73 Å². The van der Waals surface area contributed by atoms with Gasteiger partial charge >= 0.3 is 0 Å². The van der Waals surface area contributed by atoms with Gasteiger partial charge in [-0.15, -0.1) is 0 Å². The van der Waals surface area contributed by atoms with Gasteiger partial charge in [0.15, 0.2) is 0 Å². The van der Waals surface area contributed by atoms with Crippen molar-refractivity contribution in [2.45, 2.75) is 6.92 Å². The summed E-state index contributed by atoms with van der Waals surface area (Å²) in [5.74, 6) is -2.73. The van der Waals surface area contributed by atoms with Crippen molar-refractivity contribution < 1.29 is 14.3 Å². The fraction of sp³-hybridized carbons (Fsp3) is 0.100. The van der Waals surface area contributed by atoms with E-state index in [4.69, 9.17) is 12.3 Å². The van der Waals surface area contributed by atoms with E-state index in [0.717, 1.165) is 12.1 Å². The highest BCUT2D eigenvalue weighted by atomic mass is 19.1. The molecular weight excluding hydrogens is 213 g/mol. The van der Waals surface area contributed by atoms with Gasteiger partial charge in [-0.05, 0) is 19.1 Å². The van der Waals surface area contributed by atoms with Gasteiger partial charge in [0.05, 0.1) is 6.57 Å². The minimum atomic E-state index is -1.09. The summed E-state index contributed by atoms with van der Waals surface area (Å²) in [6.45, 7) is 8.02. The molecule has 3 N–H and O–H groups in total. The number of nitrogens with two attached hydrogens (primary N) is 1. The number of carbonyl (C=O) groups excluding carboxylic acids is 1. The second kappa shape index (κ2) is 4.40. The van der Waals surface area contributed by atoms with Crippen LogP contribution >= 0.6 is 0 Å². The molecule has 0 aliphatic carbocycles. The van der Waals surface area contributed by atoms with Crippen molar-refractivity contribution in [2.24, 2.45) is 10.7 Å². The number of hydrogen-bond donors (Lipinski definition) is 2. The van der Waals surface area contributed by atoms with Crippen molar-refractivity contribution >= 4 is 17.4 Å². The Hall–Kier alpha value is -2.42. The molecule has 0 saturated heterocycles. The van der Waals surface area contributed by atoms with Crippen molar-refractivity contribution in [3.8, 4) is 5.75 Å². The van der Waals surface area contributed by atoms with Crippen molar-refractivity contribution in [1.29, 1.82) is 0 Å². The van der Waals surface area contributed by atoms with E-state index >= 15 is 0 Å². The molecule has 6 heteroatoms. The molecule has 0 fully saturated rings. The van der Waals surface area contributed by atoms with Gasteiger partial charge in [0.2, 0.25) is 5.69 Å². The van der Waals surface area contributed by atoms with E-state index < -0.39 is 23.0 Å². The first-order chi connectivity index (χ1) is 7.47. The van der Waals surface area contributed by atoms with Gasteiger partial charge in [-0.25, -0.2) is 9.24 Å². The van der Waals surface area contributed by atoms with Gasteiger partial charge in [-0.3, -0.25) is 4.79 Å². The minimum Gasteiger partial charge on any atom is -0.507 e. The number of halogens is 1. The molecule has 0 aliphatic heterocycles. The van der Waals surface area contributed by atoms with Crippen LogP contribution in [0.3, 0.4) is 0 Å². The summed E-state index contributed by atoms with van der Waals surface area (Å²) in [6.07, 6.45) is 0. The van der Waals surface area contributed by atoms with E-state index in [9.17, 15) is 14.3 Å². The SMILES string of the molecule is [C-]#[N+]c1ccc(O)c(C(=O)N=C(C)N)c1F. The van der Waals surface area contributed by atoms with E-state index in [1.807, 2.05) is 0 Å². The van der Waals surface area contributed by atoms with Gasteiger partial charge in [-0.2, -0.15) is 4.99 Å². The molecule has 0 unspecified atom stereocenters. The molecule has 0 heterocycles. The molecule has 0 atom stereocenters. The van der Waals surface area contributed by atoms with Crippen molar-refractivity contribution in [2.75, 3.05) is 0 Å². The van der Waals surface area contributed by atoms with E-state index in [-0.39, 0.29) is 11.5 Å². The van der Waals surface area contributed by atoms with Crippen LogP contribution in [-0.4, -0.2) is 16.8 Å². The van der Waals surface area contributed by atoms with Crippen LogP contribution in [-0.2, 0) is 0 Å². The lowest BCUT2D eigenvalue weighted by Crippen LogP contribution is -2.10. The molecule has 0 radical (unpaired) electrons. The van der Waals surface area contributed by atoms with Gasteiger partial charge in [-0.1, -0.05) is 0 Å². The number of aromatic hydroxyl groups is 1. The number of phenolic OH excluding ortho intramolecular Hbond substituents is 1. The maximum atomic E-state index is 13.5. The Morgan fingerprint density at radius 3 is 2.75 bits per heavy atom. The zero-order valence-corrected chi connectivity index (χ0v) is 8.36. The number of hydrogen-bond acceptors (Lipinski definition) is 2. The molecule has 82 valence electrons. The monoisotopic (exact) mass is 221 g/mol. The molecular formula is C10H8FN3O2. The fourth-order valence-corrected chi connectivity index (χ4v) is 1.06. The summed E-state index contributed by atoms with van der Waals surface area (Å²) in [4.78, 5) is 17.6. The zero-order chi connectivity index (χ0) is 12.3. The summed E-state index contributed by atoms with van der Waals surface area (Å²) in [5.41, 5.74) is 4.17. The lowest BCUT2D eigenvalue weighted by atomic mass is 10.1. The molecule has 1 aromatic rings. The maximum Gasteiger partial charge on any atom is 0.284 e. The lowest BCUT2D eigenvalue weighted by molar-refractivity contribution is 0.0996. The molecule has 0 bridgehead atoms. The van der Waals surface area contributed by atoms with E-state index in [0.29, 0.717) is 0 Å². The first kappa shape index (κ1) is 11.7. The number of benzene rings is 1. The second-order valence-corrected chi connectivity index (χ2v) is 2.96. The third-order valence-electron chi connectivity index (χ3n) is 1.71. The highest BCUT2D eigenvalue weighted by molar-refractivity contribution is 6.04. The van der Waals surface area contributed by atoms with Crippen LogP contribution in [0.5, 0.6) is 5.75 Å². The third-order valence-corrected chi connectivity index (χ3v) is 1.71. The second-order valence-electron chi connectivity index (χ2n) is 2.96. The normalized spacial score (nSPS) is 10.9. The molecule has 1 amide bonds. The van der Waals surface area contributed by atoms with E-state index in [2.05, 4.69) is 9.84 Å². The van der Waals surface area contributed by atoms with Gasteiger partial charge in [0, 0.05) is 0 Å². The molecule has 0 spiro atoms. The molecule has 1 aromatic carbocycles. The van der Waals surface area contributed by atoms with E-state index in [1.165, 1.54) is 6.92 Å². The largest absolute Gasteiger partial charge is 0.507 e. The van der Waals surface area contributed by atoms with Gasteiger partial charge in [0.25, 0.3) is 5.91 Å². The van der Waals surface area contributed by atoms with Crippen molar-refractivity contribution in [3.63, 3.8) is 0 Å². The average Bonchev–Trinajstić information content (AvgIpc) is 2.16. The van der Waals surface area contributed by atoms with Crippen LogP contribution in [0.15, 0.2) is 17.1 Å². The van der Waals surface area contributed by atoms with Gasteiger partial charge < -0.3 is 10.8 Å². The van der Waals surface area contributed by atoms with Crippen molar-refractivity contribution in [3.05, 3.63) is 34.9 Å². The Bertz CT molecular complexity index is 514. The first-order valence-electron chi connectivity index (χ1n) is 4.21. The molecule has 16 heavy (non-hydrogen) atoms. The minimum absolute atomic E-state index is 0.0583. The Morgan fingerprint density at radius 2 is 2.25 bits per heavy atom. The Balaban J connectivity index is 3.39. The molecule has 0 aromatic heterocycles. The Labute approximate surface area is 90.9 Å². The van der Waals surface area contributed by atoms with Crippen LogP contribution in [0.25, 0.3) is 4.85 Å². The number of nitrogens with zero attached hydrogens (tertiary/aromatic N) is 2. The summed E-state index contributed by atoms with van der Waals surface area (Å²) in [5, 5.41) is 9.32. The van der Waals surface area contributed by atoms with Crippen LogP contribution in [0.4, 0.5) is 10.1 Å². The van der Waals surface area contributed by atoms with Crippen LogP contribution in [0, 0.1) is 12.4 Å². The third kappa shape index (κ3) is 2.15. The fourth-order valence-electron chi connectivity index (χ4n) is 1.06. The number of amidine groups is 1. The van der Waals surface area contributed by atoms with Crippen LogP contribution in [0.2, 0.25) is 0 Å². The maximum absolute atomic E-state index is 13.5. The number of amides is 1. The summed E-state index contributed by atoms with van der Waals surface area (Å²) in [7, 11) is 0. The summed E-state index contributed by atoms with van der Waals surface area (Å²) >= 11 is 0. The number of phenols is 1. The summed E-state index contributed by atoms with van der Waals surface area (Å²) in [6, 6.07) is 2.14. The number of carbonyl (C=O) groups is 1. The standard InChI is InChI=1S/C10H8FN3O2/c1-5(12)14-10(16)8-7(15)4-3-6(13-2)9(8)11/h3-4,15H,1H3,(H2,12,14,16). The molecule has 5 nitrogen and oxygen atoms in total. The highest BCUT2D eigenvalue weighted by Crippen LogP contribution is 2.28. The quantitative estimate of drug-likeness (QED) is 0.429. The molecule has 0 saturated carbocycles.